The van der Waals surface area contributed by atoms with E-state index in [0.29, 0.717) is 22.4 Å². The van der Waals surface area contributed by atoms with Crippen molar-refractivity contribution < 1.29 is 18.3 Å². The zero-order valence-corrected chi connectivity index (χ0v) is 10.3. The summed E-state index contributed by atoms with van der Waals surface area (Å²) in [6.45, 7) is 1.80. The number of ether oxygens (including phenoxy) is 1. The van der Waals surface area contributed by atoms with Crippen LogP contribution in [0.4, 0.5) is 8.78 Å². The van der Waals surface area contributed by atoms with Gasteiger partial charge >= 0.3 is 0 Å². The maximum atomic E-state index is 13.1. The predicted octanol–water partition coefficient (Wildman–Crippen LogP) is 3.66. The van der Waals surface area contributed by atoms with Gasteiger partial charge < -0.3 is 4.74 Å². The Morgan fingerprint density at radius 3 is 2.63 bits per heavy atom. The molecule has 0 aliphatic heterocycles. The lowest BCUT2D eigenvalue weighted by atomic mass is 10.1. The van der Waals surface area contributed by atoms with E-state index in [1.165, 1.54) is 0 Å². The van der Waals surface area contributed by atoms with E-state index in [9.17, 15) is 13.6 Å². The van der Waals surface area contributed by atoms with E-state index in [0.717, 1.165) is 18.4 Å². The lowest BCUT2D eigenvalue weighted by Gasteiger charge is -2.09. The third-order valence-corrected chi connectivity index (χ3v) is 2.77. The van der Waals surface area contributed by atoms with Gasteiger partial charge in [0, 0.05) is 5.56 Å². The van der Waals surface area contributed by atoms with E-state index >= 15 is 0 Å². The predicted molar refractivity (Wildman–Crippen MR) is 67.3 cm³/mol. The van der Waals surface area contributed by atoms with Crippen LogP contribution in [0.15, 0.2) is 36.4 Å². The first-order chi connectivity index (χ1) is 9.10. The molecule has 0 aliphatic carbocycles. The first-order valence-corrected chi connectivity index (χ1v) is 5.72. The molecule has 4 heteroatoms. The maximum Gasteiger partial charge on any atom is 0.159 e. The zero-order valence-electron chi connectivity index (χ0n) is 10.3. The van der Waals surface area contributed by atoms with Crippen LogP contribution in [0.2, 0.25) is 0 Å². The van der Waals surface area contributed by atoms with E-state index in [1.807, 2.05) is 0 Å². The van der Waals surface area contributed by atoms with Gasteiger partial charge in [-0.15, -0.1) is 0 Å². The van der Waals surface area contributed by atoms with Crippen LogP contribution >= 0.6 is 0 Å². The molecule has 0 amide bonds. The Labute approximate surface area is 109 Å². The number of carbonyl (C=O) groups excluding carboxylic acids is 1. The van der Waals surface area contributed by atoms with Crippen LogP contribution in [-0.2, 0) is 6.61 Å². The monoisotopic (exact) mass is 262 g/mol. The summed E-state index contributed by atoms with van der Waals surface area (Å²) in [5.41, 5.74) is 1.68. The first-order valence-electron chi connectivity index (χ1n) is 5.72. The largest absolute Gasteiger partial charge is 0.489 e. The lowest BCUT2D eigenvalue weighted by Crippen LogP contribution is -2.00. The Morgan fingerprint density at radius 1 is 1.16 bits per heavy atom. The molecule has 0 unspecified atom stereocenters. The summed E-state index contributed by atoms with van der Waals surface area (Å²) >= 11 is 0. The second-order valence-corrected chi connectivity index (χ2v) is 4.17. The number of rotatable bonds is 4. The van der Waals surface area contributed by atoms with Crippen LogP contribution in [0.25, 0.3) is 0 Å². The van der Waals surface area contributed by atoms with Crippen molar-refractivity contribution in [2.75, 3.05) is 0 Å². The molecule has 0 saturated carbocycles. The van der Waals surface area contributed by atoms with Crippen molar-refractivity contribution in [1.29, 1.82) is 0 Å². The SMILES string of the molecule is Cc1cc(F)c(F)cc1COc1cccc(C=O)c1. The smallest absolute Gasteiger partial charge is 0.159 e. The second kappa shape index (κ2) is 5.61. The molecular formula is C15H12F2O2. The number of hydrogen-bond donors (Lipinski definition) is 0. The highest BCUT2D eigenvalue weighted by molar-refractivity contribution is 5.75. The third-order valence-electron chi connectivity index (χ3n) is 2.77. The van der Waals surface area contributed by atoms with Gasteiger partial charge in [0.25, 0.3) is 0 Å². The van der Waals surface area contributed by atoms with E-state index in [-0.39, 0.29) is 6.61 Å². The molecule has 98 valence electrons. The molecule has 0 radical (unpaired) electrons. The Morgan fingerprint density at radius 2 is 1.89 bits per heavy atom. The van der Waals surface area contributed by atoms with Crippen molar-refractivity contribution in [3.8, 4) is 5.75 Å². The Balaban J connectivity index is 2.14. The topological polar surface area (TPSA) is 26.3 Å². The van der Waals surface area contributed by atoms with Gasteiger partial charge in [-0.1, -0.05) is 12.1 Å². The number of carbonyl (C=O) groups is 1. The zero-order chi connectivity index (χ0) is 13.8. The van der Waals surface area contributed by atoms with Gasteiger partial charge in [0.15, 0.2) is 11.6 Å². The van der Waals surface area contributed by atoms with Crippen LogP contribution in [-0.4, -0.2) is 6.29 Å². The summed E-state index contributed by atoms with van der Waals surface area (Å²) in [7, 11) is 0. The van der Waals surface area contributed by atoms with Gasteiger partial charge in [0.2, 0.25) is 0 Å². The number of aryl methyl sites for hydroxylation is 1. The lowest BCUT2D eigenvalue weighted by molar-refractivity contribution is 0.112. The van der Waals surface area contributed by atoms with Crippen molar-refractivity contribution in [2.24, 2.45) is 0 Å². The molecule has 0 spiro atoms. The highest BCUT2D eigenvalue weighted by Gasteiger charge is 2.07. The van der Waals surface area contributed by atoms with Crippen LogP contribution in [0.5, 0.6) is 5.75 Å². The average molecular weight is 262 g/mol. The molecule has 2 aromatic carbocycles. The van der Waals surface area contributed by atoms with Crippen molar-refractivity contribution >= 4 is 6.29 Å². The van der Waals surface area contributed by atoms with Crippen molar-refractivity contribution in [1.82, 2.24) is 0 Å². The van der Waals surface area contributed by atoms with Gasteiger partial charge in [-0.3, -0.25) is 4.79 Å². The standard InChI is InChI=1S/C15H12F2O2/c1-10-5-14(16)15(17)7-12(10)9-19-13-4-2-3-11(6-13)8-18/h2-8H,9H2,1H3. The van der Waals surface area contributed by atoms with Crippen LogP contribution in [0.1, 0.15) is 21.5 Å². The quantitative estimate of drug-likeness (QED) is 0.786. The van der Waals surface area contributed by atoms with E-state index in [4.69, 9.17) is 4.74 Å². The minimum atomic E-state index is -0.897. The van der Waals surface area contributed by atoms with Gasteiger partial charge in [-0.05, 0) is 42.3 Å². The molecule has 0 N–H and O–H groups in total. The van der Waals surface area contributed by atoms with E-state index in [2.05, 4.69) is 0 Å². The number of aldehydes is 1. The minimum absolute atomic E-state index is 0.116. The number of halogens is 2. The summed E-state index contributed by atoms with van der Waals surface area (Å²) in [6, 6.07) is 8.88. The molecule has 0 saturated heterocycles. The highest BCUT2D eigenvalue weighted by Crippen LogP contribution is 2.18. The van der Waals surface area contributed by atoms with Crippen LogP contribution in [0.3, 0.4) is 0 Å². The summed E-state index contributed by atoms with van der Waals surface area (Å²) < 4.78 is 31.6. The van der Waals surface area contributed by atoms with Crippen LogP contribution < -0.4 is 4.74 Å². The molecular weight excluding hydrogens is 250 g/mol. The van der Waals surface area contributed by atoms with Crippen molar-refractivity contribution in [2.45, 2.75) is 13.5 Å². The second-order valence-electron chi connectivity index (χ2n) is 4.17. The molecule has 2 nitrogen and oxygen atoms in total. The summed E-state index contributed by atoms with van der Waals surface area (Å²) in [5.74, 6) is -1.26. The average Bonchev–Trinajstić information content (AvgIpc) is 2.41. The normalized spacial score (nSPS) is 10.3. The minimum Gasteiger partial charge on any atom is -0.489 e. The van der Waals surface area contributed by atoms with E-state index in [1.54, 1.807) is 31.2 Å². The Bertz CT molecular complexity index is 609. The molecule has 2 aromatic rings. The highest BCUT2D eigenvalue weighted by atomic mass is 19.2. The Hall–Kier alpha value is -2.23. The molecule has 19 heavy (non-hydrogen) atoms. The van der Waals surface area contributed by atoms with Gasteiger partial charge in [0.1, 0.15) is 18.6 Å². The van der Waals surface area contributed by atoms with Crippen molar-refractivity contribution in [3.05, 3.63) is 64.7 Å². The van der Waals surface area contributed by atoms with Gasteiger partial charge in [0.05, 0.1) is 0 Å². The first kappa shape index (κ1) is 13.2. The fourth-order valence-corrected chi connectivity index (χ4v) is 1.68. The third kappa shape index (κ3) is 3.16. The maximum absolute atomic E-state index is 13.1. The summed E-state index contributed by atoms with van der Waals surface area (Å²) in [6.07, 6.45) is 0.718. The molecule has 0 aliphatic rings. The van der Waals surface area contributed by atoms with E-state index < -0.39 is 11.6 Å². The molecule has 0 aromatic heterocycles. The van der Waals surface area contributed by atoms with Crippen LogP contribution in [0, 0.1) is 18.6 Å². The summed E-state index contributed by atoms with van der Waals surface area (Å²) in [5, 5.41) is 0. The molecule has 0 fully saturated rings. The molecule has 0 bridgehead atoms. The fraction of sp³-hybridized carbons (Fsp3) is 0.133. The number of hydrogen-bond acceptors (Lipinski definition) is 2. The molecule has 0 atom stereocenters. The number of benzene rings is 2. The summed E-state index contributed by atoms with van der Waals surface area (Å²) in [4.78, 5) is 10.6. The van der Waals surface area contributed by atoms with Gasteiger partial charge in [-0.25, -0.2) is 8.78 Å². The van der Waals surface area contributed by atoms with Crippen molar-refractivity contribution in [3.63, 3.8) is 0 Å². The molecule has 2 rings (SSSR count). The van der Waals surface area contributed by atoms with Gasteiger partial charge in [-0.2, -0.15) is 0 Å². The fourth-order valence-electron chi connectivity index (χ4n) is 1.68. The Kier molecular flexibility index (Phi) is 3.90. The molecule has 0 heterocycles.